The fraction of sp³-hybridized carbons (Fsp3) is 0.227. The maximum absolute atomic E-state index is 12.5. The topological polar surface area (TPSA) is 58.1 Å². The van der Waals surface area contributed by atoms with Gasteiger partial charge in [-0.1, -0.05) is 42.5 Å². The number of aryl methyl sites for hydroxylation is 1. The SMILES string of the molecule is CCN(Cc1ccccc1)c1cnc(C(=O)Nc2cccc(C)c2C)cn1. The van der Waals surface area contributed by atoms with E-state index in [0.29, 0.717) is 5.69 Å². The van der Waals surface area contributed by atoms with E-state index in [1.54, 1.807) is 6.20 Å². The van der Waals surface area contributed by atoms with Crippen LogP contribution in [0.25, 0.3) is 0 Å². The number of rotatable bonds is 6. The van der Waals surface area contributed by atoms with Crippen LogP contribution in [-0.2, 0) is 6.54 Å². The Morgan fingerprint density at radius 2 is 1.78 bits per heavy atom. The molecule has 0 saturated heterocycles. The largest absolute Gasteiger partial charge is 0.351 e. The van der Waals surface area contributed by atoms with Gasteiger partial charge in [0.1, 0.15) is 11.5 Å². The Labute approximate surface area is 160 Å². The molecule has 0 spiro atoms. The predicted octanol–water partition coefficient (Wildman–Crippen LogP) is 4.37. The van der Waals surface area contributed by atoms with Gasteiger partial charge in [0.2, 0.25) is 0 Å². The van der Waals surface area contributed by atoms with Crippen molar-refractivity contribution in [1.29, 1.82) is 0 Å². The number of carbonyl (C=O) groups excluding carboxylic acids is 1. The van der Waals surface area contributed by atoms with Gasteiger partial charge in [-0.25, -0.2) is 9.97 Å². The zero-order valence-corrected chi connectivity index (χ0v) is 15.9. The highest BCUT2D eigenvalue weighted by Gasteiger charge is 2.13. The molecule has 1 amide bonds. The molecule has 1 N–H and O–H groups in total. The first-order valence-electron chi connectivity index (χ1n) is 9.07. The number of benzene rings is 2. The number of anilines is 2. The van der Waals surface area contributed by atoms with Crippen molar-refractivity contribution in [2.45, 2.75) is 27.3 Å². The Balaban J connectivity index is 1.72. The van der Waals surface area contributed by atoms with E-state index in [1.165, 1.54) is 11.8 Å². The first kappa shape index (κ1) is 18.6. The van der Waals surface area contributed by atoms with Crippen LogP contribution in [0.1, 0.15) is 34.1 Å². The van der Waals surface area contributed by atoms with E-state index in [9.17, 15) is 4.79 Å². The van der Waals surface area contributed by atoms with Gasteiger partial charge in [0.25, 0.3) is 5.91 Å². The normalized spacial score (nSPS) is 10.5. The fourth-order valence-corrected chi connectivity index (χ4v) is 2.83. The van der Waals surface area contributed by atoms with Crippen molar-refractivity contribution in [2.75, 3.05) is 16.8 Å². The lowest BCUT2D eigenvalue weighted by Gasteiger charge is -2.21. The van der Waals surface area contributed by atoms with Gasteiger partial charge in [-0.2, -0.15) is 0 Å². The van der Waals surface area contributed by atoms with Crippen molar-refractivity contribution in [2.24, 2.45) is 0 Å². The lowest BCUT2D eigenvalue weighted by Crippen LogP contribution is -2.24. The number of hydrogen-bond donors (Lipinski definition) is 1. The van der Waals surface area contributed by atoms with Crippen LogP contribution in [-0.4, -0.2) is 22.4 Å². The maximum Gasteiger partial charge on any atom is 0.275 e. The van der Waals surface area contributed by atoms with E-state index in [2.05, 4.69) is 39.2 Å². The lowest BCUT2D eigenvalue weighted by molar-refractivity contribution is 0.102. The molecule has 3 rings (SSSR count). The van der Waals surface area contributed by atoms with Crippen LogP contribution >= 0.6 is 0 Å². The molecule has 5 nitrogen and oxygen atoms in total. The molecule has 1 heterocycles. The number of nitrogens with zero attached hydrogens (tertiary/aromatic N) is 3. The highest BCUT2D eigenvalue weighted by Crippen LogP contribution is 2.19. The van der Waals surface area contributed by atoms with Gasteiger partial charge in [0.05, 0.1) is 12.4 Å². The first-order chi connectivity index (χ1) is 13.1. The maximum atomic E-state index is 12.5. The summed E-state index contributed by atoms with van der Waals surface area (Å²) in [5.41, 5.74) is 4.49. The van der Waals surface area contributed by atoms with E-state index < -0.39 is 0 Å². The molecule has 5 heteroatoms. The molecular weight excluding hydrogens is 336 g/mol. The van der Waals surface area contributed by atoms with Gasteiger partial charge in [-0.05, 0) is 43.5 Å². The van der Waals surface area contributed by atoms with Gasteiger partial charge in [0.15, 0.2) is 0 Å². The first-order valence-corrected chi connectivity index (χ1v) is 9.07. The van der Waals surface area contributed by atoms with E-state index >= 15 is 0 Å². The van der Waals surface area contributed by atoms with Crippen LogP contribution in [0.3, 0.4) is 0 Å². The Bertz CT molecular complexity index is 907. The average Bonchev–Trinajstić information content (AvgIpc) is 2.70. The van der Waals surface area contributed by atoms with Crippen LogP contribution in [0.2, 0.25) is 0 Å². The average molecular weight is 360 g/mol. The molecule has 0 unspecified atom stereocenters. The third-order valence-corrected chi connectivity index (χ3v) is 4.65. The monoisotopic (exact) mass is 360 g/mol. The lowest BCUT2D eigenvalue weighted by atomic mass is 10.1. The van der Waals surface area contributed by atoms with Gasteiger partial charge < -0.3 is 10.2 Å². The van der Waals surface area contributed by atoms with Crippen LogP contribution in [0.4, 0.5) is 11.5 Å². The fourth-order valence-electron chi connectivity index (χ4n) is 2.83. The molecule has 3 aromatic rings. The second-order valence-electron chi connectivity index (χ2n) is 6.46. The van der Waals surface area contributed by atoms with Gasteiger partial charge in [-0.3, -0.25) is 4.79 Å². The number of hydrogen-bond acceptors (Lipinski definition) is 4. The molecule has 2 aromatic carbocycles. The molecule has 0 fully saturated rings. The van der Waals surface area contributed by atoms with Crippen molar-refractivity contribution in [3.63, 3.8) is 0 Å². The van der Waals surface area contributed by atoms with E-state index in [-0.39, 0.29) is 5.91 Å². The summed E-state index contributed by atoms with van der Waals surface area (Å²) >= 11 is 0. The highest BCUT2D eigenvalue weighted by molar-refractivity contribution is 6.03. The van der Waals surface area contributed by atoms with Gasteiger partial charge >= 0.3 is 0 Å². The molecule has 0 radical (unpaired) electrons. The zero-order valence-electron chi connectivity index (χ0n) is 15.9. The van der Waals surface area contributed by atoms with Gasteiger partial charge in [0, 0.05) is 18.8 Å². The summed E-state index contributed by atoms with van der Waals surface area (Å²) in [6.07, 6.45) is 3.19. The molecule has 138 valence electrons. The van der Waals surface area contributed by atoms with Gasteiger partial charge in [-0.15, -0.1) is 0 Å². The summed E-state index contributed by atoms with van der Waals surface area (Å²) in [7, 11) is 0. The summed E-state index contributed by atoms with van der Waals surface area (Å²) in [4.78, 5) is 23.4. The number of nitrogens with one attached hydrogen (secondary N) is 1. The minimum absolute atomic E-state index is 0.256. The van der Waals surface area contributed by atoms with Crippen LogP contribution in [0.5, 0.6) is 0 Å². The molecule has 1 aromatic heterocycles. The highest BCUT2D eigenvalue weighted by atomic mass is 16.1. The summed E-state index contributed by atoms with van der Waals surface area (Å²) in [6.45, 7) is 7.64. The number of aromatic nitrogens is 2. The molecule has 0 bridgehead atoms. The molecule has 0 aliphatic rings. The second-order valence-corrected chi connectivity index (χ2v) is 6.46. The van der Waals surface area contributed by atoms with Crippen molar-refractivity contribution in [3.05, 3.63) is 83.3 Å². The smallest absolute Gasteiger partial charge is 0.275 e. The second kappa shape index (κ2) is 8.45. The molecule has 0 atom stereocenters. The Morgan fingerprint density at radius 1 is 1.00 bits per heavy atom. The minimum atomic E-state index is -0.256. The van der Waals surface area contributed by atoms with Crippen molar-refractivity contribution >= 4 is 17.4 Å². The molecule has 27 heavy (non-hydrogen) atoms. The molecule has 0 aliphatic carbocycles. The molecule has 0 saturated carbocycles. The van der Waals surface area contributed by atoms with Crippen molar-refractivity contribution in [3.8, 4) is 0 Å². The predicted molar refractivity (Wildman–Crippen MR) is 109 cm³/mol. The summed E-state index contributed by atoms with van der Waals surface area (Å²) in [5.74, 6) is 0.499. The minimum Gasteiger partial charge on any atom is -0.351 e. The van der Waals surface area contributed by atoms with Crippen LogP contribution in [0.15, 0.2) is 60.9 Å². The number of amides is 1. The summed E-state index contributed by atoms with van der Waals surface area (Å²) in [5, 5.41) is 2.91. The Kier molecular flexibility index (Phi) is 5.81. The van der Waals surface area contributed by atoms with Crippen molar-refractivity contribution < 1.29 is 4.79 Å². The van der Waals surface area contributed by atoms with Crippen LogP contribution in [0, 0.1) is 13.8 Å². The third-order valence-electron chi connectivity index (χ3n) is 4.65. The van der Waals surface area contributed by atoms with Crippen molar-refractivity contribution in [1.82, 2.24) is 9.97 Å². The molecule has 0 aliphatic heterocycles. The zero-order chi connectivity index (χ0) is 19.2. The summed E-state index contributed by atoms with van der Waals surface area (Å²) < 4.78 is 0. The standard InChI is InChI=1S/C22H24N4O/c1-4-26(15-18-10-6-5-7-11-18)21-14-23-20(13-24-21)22(27)25-19-12-8-9-16(2)17(19)3/h5-14H,4,15H2,1-3H3,(H,25,27). The van der Waals surface area contributed by atoms with E-state index in [1.807, 2.05) is 50.2 Å². The quantitative estimate of drug-likeness (QED) is 0.709. The van der Waals surface area contributed by atoms with E-state index in [0.717, 1.165) is 35.7 Å². The third kappa shape index (κ3) is 4.50. The Hall–Kier alpha value is -3.21. The van der Waals surface area contributed by atoms with E-state index in [4.69, 9.17) is 0 Å². The summed E-state index contributed by atoms with van der Waals surface area (Å²) in [6, 6.07) is 16.1. The molecular formula is C22H24N4O. The van der Waals surface area contributed by atoms with Crippen LogP contribution < -0.4 is 10.2 Å². The Morgan fingerprint density at radius 3 is 2.44 bits per heavy atom. The number of carbonyl (C=O) groups is 1.